The summed E-state index contributed by atoms with van der Waals surface area (Å²) in [4.78, 5) is 4.38. The van der Waals surface area contributed by atoms with Crippen molar-refractivity contribution in [1.29, 1.82) is 0 Å². The SMILES string of the molecule is Clc1ccc(NCc2occc2Br)c2ncccc12. The molecule has 3 nitrogen and oxygen atoms in total. The third kappa shape index (κ3) is 2.46. The van der Waals surface area contributed by atoms with E-state index < -0.39 is 0 Å². The van der Waals surface area contributed by atoms with Crippen LogP contribution in [-0.4, -0.2) is 4.98 Å². The minimum atomic E-state index is 0.584. The molecule has 0 saturated heterocycles. The Bertz CT molecular complexity index is 726. The molecule has 96 valence electrons. The van der Waals surface area contributed by atoms with Crippen molar-refractivity contribution in [3.05, 3.63) is 58.0 Å². The number of fused-ring (bicyclic) bond motifs is 1. The number of nitrogens with zero attached hydrogens (tertiary/aromatic N) is 1. The highest BCUT2D eigenvalue weighted by molar-refractivity contribution is 9.10. The second kappa shape index (κ2) is 5.23. The van der Waals surface area contributed by atoms with E-state index in [-0.39, 0.29) is 0 Å². The van der Waals surface area contributed by atoms with Gasteiger partial charge in [-0.2, -0.15) is 0 Å². The van der Waals surface area contributed by atoms with Gasteiger partial charge in [-0.1, -0.05) is 11.6 Å². The summed E-state index contributed by atoms with van der Waals surface area (Å²) in [6.07, 6.45) is 3.41. The van der Waals surface area contributed by atoms with Crippen LogP contribution in [0.2, 0.25) is 5.02 Å². The van der Waals surface area contributed by atoms with Gasteiger partial charge in [0.15, 0.2) is 0 Å². The fourth-order valence-corrected chi connectivity index (χ4v) is 2.46. The smallest absolute Gasteiger partial charge is 0.136 e. The van der Waals surface area contributed by atoms with Crippen LogP contribution in [0.3, 0.4) is 0 Å². The van der Waals surface area contributed by atoms with Crippen molar-refractivity contribution in [1.82, 2.24) is 4.98 Å². The highest BCUT2D eigenvalue weighted by Crippen LogP contribution is 2.28. The molecule has 0 fully saturated rings. The summed E-state index contributed by atoms with van der Waals surface area (Å²) in [6.45, 7) is 0.584. The van der Waals surface area contributed by atoms with Gasteiger partial charge >= 0.3 is 0 Å². The van der Waals surface area contributed by atoms with Gasteiger partial charge < -0.3 is 9.73 Å². The van der Waals surface area contributed by atoms with E-state index in [1.54, 1.807) is 12.5 Å². The molecule has 5 heteroatoms. The minimum Gasteiger partial charge on any atom is -0.466 e. The molecule has 2 aromatic heterocycles. The Morgan fingerprint density at radius 3 is 2.95 bits per heavy atom. The number of hydrogen-bond acceptors (Lipinski definition) is 3. The standard InChI is InChI=1S/C14H10BrClN2O/c15-10-5-7-19-13(10)8-18-12-4-3-11(16)9-2-1-6-17-14(9)12/h1-7,18H,8H2. The van der Waals surface area contributed by atoms with Crippen molar-refractivity contribution in [2.45, 2.75) is 6.54 Å². The van der Waals surface area contributed by atoms with Crippen molar-refractivity contribution >= 4 is 44.1 Å². The zero-order chi connectivity index (χ0) is 13.2. The van der Waals surface area contributed by atoms with Crippen molar-refractivity contribution in [2.75, 3.05) is 5.32 Å². The number of pyridine rings is 1. The first-order valence-electron chi connectivity index (χ1n) is 5.74. The number of nitrogens with one attached hydrogen (secondary N) is 1. The Morgan fingerprint density at radius 1 is 1.26 bits per heavy atom. The molecule has 1 N–H and O–H groups in total. The zero-order valence-corrected chi connectivity index (χ0v) is 12.2. The molecule has 0 amide bonds. The maximum absolute atomic E-state index is 6.16. The van der Waals surface area contributed by atoms with E-state index in [0.717, 1.165) is 26.8 Å². The summed E-state index contributed by atoms with van der Waals surface area (Å²) in [6, 6.07) is 9.49. The van der Waals surface area contributed by atoms with Crippen LogP contribution in [0.1, 0.15) is 5.76 Å². The molecule has 3 aromatic rings. The van der Waals surface area contributed by atoms with E-state index >= 15 is 0 Å². The molecule has 2 heterocycles. The molecule has 0 aliphatic carbocycles. The first-order chi connectivity index (χ1) is 9.25. The normalized spacial score (nSPS) is 10.8. The van der Waals surface area contributed by atoms with E-state index in [1.165, 1.54) is 0 Å². The van der Waals surface area contributed by atoms with Crippen LogP contribution in [0.25, 0.3) is 10.9 Å². The molecule has 0 aliphatic heterocycles. The lowest BCUT2D eigenvalue weighted by molar-refractivity contribution is 0.516. The fourth-order valence-electron chi connectivity index (χ4n) is 1.91. The molecule has 0 spiro atoms. The number of furan rings is 1. The summed E-state index contributed by atoms with van der Waals surface area (Å²) in [7, 11) is 0. The summed E-state index contributed by atoms with van der Waals surface area (Å²) in [5.74, 6) is 0.846. The summed E-state index contributed by atoms with van der Waals surface area (Å²) in [5.41, 5.74) is 1.79. The van der Waals surface area contributed by atoms with E-state index in [1.807, 2.05) is 30.3 Å². The topological polar surface area (TPSA) is 38.1 Å². The molecule has 19 heavy (non-hydrogen) atoms. The van der Waals surface area contributed by atoms with Crippen molar-refractivity contribution in [3.8, 4) is 0 Å². The van der Waals surface area contributed by atoms with Crippen molar-refractivity contribution < 1.29 is 4.42 Å². The van der Waals surface area contributed by atoms with Crippen molar-refractivity contribution in [3.63, 3.8) is 0 Å². The van der Waals surface area contributed by atoms with Gasteiger partial charge in [0.25, 0.3) is 0 Å². The van der Waals surface area contributed by atoms with Crippen LogP contribution in [0.4, 0.5) is 5.69 Å². The summed E-state index contributed by atoms with van der Waals surface area (Å²) in [5, 5.41) is 4.95. The average Bonchev–Trinajstić information content (AvgIpc) is 2.84. The van der Waals surface area contributed by atoms with Gasteiger partial charge in [-0.25, -0.2) is 0 Å². The monoisotopic (exact) mass is 336 g/mol. The van der Waals surface area contributed by atoms with E-state index in [0.29, 0.717) is 11.6 Å². The lowest BCUT2D eigenvalue weighted by Crippen LogP contribution is -2.00. The van der Waals surface area contributed by atoms with E-state index in [9.17, 15) is 0 Å². The van der Waals surface area contributed by atoms with Crippen molar-refractivity contribution in [2.24, 2.45) is 0 Å². The molecule has 0 bridgehead atoms. The van der Waals surface area contributed by atoms with Crippen LogP contribution in [0.5, 0.6) is 0 Å². The Morgan fingerprint density at radius 2 is 2.16 bits per heavy atom. The predicted octanol–water partition coefficient (Wildman–Crippen LogP) is 4.86. The first-order valence-corrected chi connectivity index (χ1v) is 6.92. The molecular weight excluding hydrogens is 328 g/mol. The average molecular weight is 338 g/mol. The lowest BCUT2D eigenvalue weighted by atomic mass is 10.2. The summed E-state index contributed by atoms with van der Waals surface area (Å²) >= 11 is 9.59. The number of halogens is 2. The molecule has 0 saturated carbocycles. The quantitative estimate of drug-likeness (QED) is 0.742. The molecule has 3 rings (SSSR count). The van der Waals surface area contributed by atoms with Gasteiger partial charge in [0.2, 0.25) is 0 Å². The minimum absolute atomic E-state index is 0.584. The van der Waals surface area contributed by atoms with Crippen LogP contribution in [-0.2, 0) is 6.54 Å². The molecule has 0 aliphatic rings. The molecule has 0 unspecified atom stereocenters. The maximum atomic E-state index is 6.16. The zero-order valence-electron chi connectivity index (χ0n) is 9.86. The Hall–Kier alpha value is -1.52. The maximum Gasteiger partial charge on any atom is 0.136 e. The van der Waals surface area contributed by atoms with Crippen LogP contribution in [0, 0.1) is 0 Å². The molecule has 0 radical (unpaired) electrons. The predicted molar refractivity (Wildman–Crippen MR) is 80.5 cm³/mol. The van der Waals surface area contributed by atoms with Gasteiger partial charge in [0.05, 0.1) is 33.5 Å². The van der Waals surface area contributed by atoms with Crippen LogP contribution in [0.15, 0.2) is 51.7 Å². The molecule has 0 atom stereocenters. The Balaban J connectivity index is 1.93. The Labute approximate surface area is 123 Å². The molecule has 1 aromatic carbocycles. The largest absolute Gasteiger partial charge is 0.466 e. The van der Waals surface area contributed by atoms with Crippen LogP contribution >= 0.6 is 27.5 Å². The second-order valence-corrected chi connectivity index (χ2v) is 5.30. The number of aromatic nitrogens is 1. The van der Waals surface area contributed by atoms with Crippen LogP contribution < -0.4 is 5.32 Å². The number of anilines is 1. The Kier molecular flexibility index (Phi) is 3.44. The summed E-state index contributed by atoms with van der Waals surface area (Å²) < 4.78 is 6.32. The number of benzene rings is 1. The van der Waals surface area contributed by atoms with E-state index in [4.69, 9.17) is 16.0 Å². The highest BCUT2D eigenvalue weighted by atomic mass is 79.9. The van der Waals surface area contributed by atoms with Gasteiger partial charge in [-0.3, -0.25) is 4.98 Å². The first kappa shape index (κ1) is 12.5. The third-order valence-electron chi connectivity index (χ3n) is 2.85. The van der Waals surface area contributed by atoms with Gasteiger partial charge in [0.1, 0.15) is 5.76 Å². The van der Waals surface area contributed by atoms with E-state index in [2.05, 4.69) is 26.2 Å². The lowest BCUT2D eigenvalue weighted by Gasteiger charge is -2.09. The highest BCUT2D eigenvalue weighted by Gasteiger charge is 2.07. The number of rotatable bonds is 3. The number of hydrogen-bond donors (Lipinski definition) is 1. The van der Waals surface area contributed by atoms with Gasteiger partial charge in [-0.15, -0.1) is 0 Å². The molecular formula is C14H10BrClN2O. The van der Waals surface area contributed by atoms with Gasteiger partial charge in [-0.05, 0) is 46.3 Å². The van der Waals surface area contributed by atoms with Gasteiger partial charge in [0, 0.05) is 11.6 Å². The fraction of sp³-hybridized carbons (Fsp3) is 0.0714. The third-order valence-corrected chi connectivity index (χ3v) is 3.88. The second-order valence-electron chi connectivity index (χ2n) is 4.04.